The Hall–Kier alpha value is -1.75. The number of amides is 1. The molecule has 122 valence electrons. The summed E-state index contributed by atoms with van der Waals surface area (Å²) in [5.41, 5.74) is 6.02. The molecular weight excluding hydrogens is 280 g/mol. The van der Waals surface area contributed by atoms with Gasteiger partial charge in [-0.05, 0) is 63.3 Å². The topological polar surface area (TPSA) is 73.6 Å². The summed E-state index contributed by atoms with van der Waals surface area (Å²) in [5.74, 6) is 1.23. The molecule has 5 heteroatoms. The predicted octanol–water partition coefficient (Wildman–Crippen LogP) is 2.49. The molecule has 0 heterocycles. The largest absolute Gasteiger partial charge is 0.493 e. The summed E-state index contributed by atoms with van der Waals surface area (Å²) in [6.07, 6.45) is 6.69. The molecule has 22 heavy (non-hydrogen) atoms. The van der Waals surface area contributed by atoms with Gasteiger partial charge in [0.05, 0.1) is 13.2 Å². The lowest BCUT2D eigenvalue weighted by Crippen LogP contribution is -2.25. The number of methoxy groups -OCH3 is 1. The highest BCUT2D eigenvalue weighted by molar-refractivity contribution is 5.94. The first-order valence-electron chi connectivity index (χ1n) is 8.07. The van der Waals surface area contributed by atoms with Gasteiger partial charge in [-0.2, -0.15) is 0 Å². The van der Waals surface area contributed by atoms with E-state index in [1.165, 1.54) is 12.8 Å². The Labute approximate surface area is 132 Å². The lowest BCUT2D eigenvalue weighted by Gasteiger charge is -2.16. The third-order valence-corrected chi connectivity index (χ3v) is 3.94. The first-order valence-corrected chi connectivity index (χ1v) is 8.07. The number of benzene rings is 1. The molecule has 1 aliphatic rings. The minimum absolute atomic E-state index is 0.0947. The zero-order valence-electron chi connectivity index (χ0n) is 13.3. The van der Waals surface area contributed by atoms with Crippen molar-refractivity contribution in [1.29, 1.82) is 0 Å². The lowest BCUT2D eigenvalue weighted by atomic mass is 10.1. The van der Waals surface area contributed by atoms with E-state index in [0.29, 0.717) is 30.2 Å². The summed E-state index contributed by atoms with van der Waals surface area (Å²) < 4.78 is 11.3. The fraction of sp³-hybridized carbons (Fsp3) is 0.588. The van der Waals surface area contributed by atoms with Crippen LogP contribution in [0.1, 0.15) is 48.9 Å². The van der Waals surface area contributed by atoms with Crippen molar-refractivity contribution >= 4 is 5.91 Å². The number of rotatable bonds is 8. The number of nitrogens with one attached hydrogen (secondary N) is 1. The Morgan fingerprint density at radius 2 is 2.05 bits per heavy atom. The molecule has 0 spiro atoms. The molecule has 0 atom stereocenters. The molecule has 0 aliphatic heterocycles. The van der Waals surface area contributed by atoms with E-state index in [1.807, 2.05) is 6.07 Å². The van der Waals surface area contributed by atoms with Crippen molar-refractivity contribution in [2.45, 2.75) is 44.6 Å². The summed E-state index contributed by atoms with van der Waals surface area (Å²) in [6.45, 7) is 1.29. The molecule has 1 aromatic rings. The molecule has 1 aliphatic carbocycles. The maximum atomic E-state index is 12.1. The molecule has 0 aromatic heterocycles. The second-order valence-corrected chi connectivity index (χ2v) is 5.64. The van der Waals surface area contributed by atoms with E-state index in [1.54, 1.807) is 19.2 Å². The smallest absolute Gasteiger partial charge is 0.251 e. The SMILES string of the molecule is COc1cc(C(=O)NCCCCN)ccc1OC1CCCC1. The van der Waals surface area contributed by atoms with E-state index < -0.39 is 0 Å². The Morgan fingerprint density at radius 3 is 2.73 bits per heavy atom. The third kappa shape index (κ3) is 4.63. The van der Waals surface area contributed by atoms with E-state index in [0.717, 1.165) is 25.7 Å². The fourth-order valence-electron chi connectivity index (χ4n) is 2.67. The van der Waals surface area contributed by atoms with Gasteiger partial charge < -0.3 is 20.5 Å². The minimum atomic E-state index is -0.0947. The second kappa shape index (κ2) is 8.63. The standard InChI is InChI=1S/C17H26N2O3/c1-21-16-12-13(17(20)19-11-5-4-10-18)8-9-15(16)22-14-6-2-3-7-14/h8-9,12,14H,2-7,10-11,18H2,1H3,(H,19,20). The van der Waals surface area contributed by atoms with Crippen LogP contribution >= 0.6 is 0 Å². The van der Waals surface area contributed by atoms with Gasteiger partial charge in [0.15, 0.2) is 11.5 Å². The highest BCUT2D eigenvalue weighted by atomic mass is 16.5. The van der Waals surface area contributed by atoms with Crippen molar-refractivity contribution in [3.05, 3.63) is 23.8 Å². The van der Waals surface area contributed by atoms with Crippen LogP contribution in [0.25, 0.3) is 0 Å². The average molecular weight is 306 g/mol. The minimum Gasteiger partial charge on any atom is -0.493 e. The zero-order valence-corrected chi connectivity index (χ0v) is 13.3. The van der Waals surface area contributed by atoms with E-state index >= 15 is 0 Å². The number of nitrogens with two attached hydrogens (primary N) is 1. The Balaban J connectivity index is 1.96. The van der Waals surface area contributed by atoms with Crippen molar-refractivity contribution in [3.8, 4) is 11.5 Å². The quantitative estimate of drug-likeness (QED) is 0.724. The summed E-state index contributed by atoms with van der Waals surface area (Å²) in [6, 6.07) is 5.35. The molecule has 5 nitrogen and oxygen atoms in total. The molecule has 0 bridgehead atoms. The molecule has 2 rings (SSSR count). The molecular formula is C17H26N2O3. The van der Waals surface area contributed by atoms with Crippen LogP contribution in [0.4, 0.5) is 0 Å². The van der Waals surface area contributed by atoms with Crippen molar-refractivity contribution in [2.75, 3.05) is 20.2 Å². The molecule has 0 radical (unpaired) electrons. The molecule has 0 saturated heterocycles. The molecule has 0 unspecified atom stereocenters. The fourth-order valence-corrected chi connectivity index (χ4v) is 2.67. The van der Waals surface area contributed by atoms with Gasteiger partial charge in [-0.3, -0.25) is 4.79 Å². The number of hydrogen-bond donors (Lipinski definition) is 2. The van der Waals surface area contributed by atoms with Crippen LogP contribution in [-0.4, -0.2) is 32.2 Å². The Morgan fingerprint density at radius 1 is 1.27 bits per heavy atom. The summed E-state index contributed by atoms with van der Waals surface area (Å²) >= 11 is 0. The van der Waals surface area contributed by atoms with Crippen molar-refractivity contribution < 1.29 is 14.3 Å². The lowest BCUT2D eigenvalue weighted by molar-refractivity contribution is 0.0952. The Kier molecular flexibility index (Phi) is 6.52. The van der Waals surface area contributed by atoms with Crippen molar-refractivity contribution in [1.82, 2.24) is 5.32 Å². The van der Waals surface area contributed by atoms with Crippen LogP contribution in [0.2, 0.25) is 0 Å². The van der Waals surface area contributed by atoms with Crippen LogP contribution in [0.3, 0.4) is 0 Å². The third-order valence-electron chi connectivity index (χ3n) is 3.94. The van der Waals surface area contributed by atoms with Gasteiger partial charge in [0.2, 0.25) is 0 Å². The van der Waals surface area contributed by atoms with Gasteiger partial charge in [-0.15, -0.1) is 0 Å². The number of ether oxygens (including phenoxy) is 2. The second-order valence-electron chi connectivity index (χ2n) is 5.64. The maximum absolute atomic E-state index is 12.1. The van der Waals surface area contributed by atoms with Crippen LogP contribution in [0.15, 0.2) is 18.2 Å². The van der Waals surface area contributed by atoms with Crippen LogP contribution in [-0.2, 0) is 0 Å². The van der Waals surface area contributed by atoms with Gasteiger partial charge in [0.1, 0.15) is 0 Å². The van der Waals surface area contributed by atoms with Gasteiger partial charge in [0, 0.05) is 12.1 Å². The predicted molar refractivity (Wildman–Crippen MR) is 86.5 cm³/mol. The first kappa shape index (κ1) is 16.6. The summed E-state index contributed by atoms with van der Waals surface area (Å²) in [5, 5.41) is 2.89. The van der Waals surface area contributed by atoms with Gasteiger partial charge in [0.25, 0.3) is 5.91 Å². The van der Waals surface area contributed by atoms with E-state index in [9.17, 15) is 4.79 Å². The maximum Gasteiger partial charge on any atom is 0.251 e. The van der Waals surface area contributed by atoms with Crippen molar-refractivity contribution in [3.63, 3.8) is 0 Å². The van der Waals surface area contributed by atoms with Gasteiger partial charge in [-0.25, -0.2) is 0 Å². The highest BCUT2D eigenvalue weighted by Crippen LogP contribution is 2.32. The van der Waals surface area contributed by atoms with Gasteiger partial charge >= 0.3 is 0 Å². The number of unbranched alkanes of at least 4 members (excludes halogenated alkanes) is 1. The molecule has 1 amide bonds. The average Bonchev–Trinajstić information content (AvgIpc) is 3.04. The molecule has 1 fully saturated rings. The molecule has 3 N–H and O–H groups in total. The molecule has 1 aromatic carbocycles. The monoisotopic (exact) mass is 306 g/mol. The zero-order chi connectivity index (χ0) is 15.8. The van der Waals surface area contributed by atoms with E-state index in [4.69, 9.17) is 15.2 Å². The number of carbonyl (C=O) groups excluding carboxylic acids is 1. The van der Waals surface area contributed by atoms with Crippen molar-refractivity contribution in [2.24, 2.45) is 5.73 Å². The van der Waals surface area contributed by atoms with Crippen LogP contribution < -0.4 is 20.5 Å². The highest BCUT2D eigenvalue weighted by Gasteiger charge is 2.19. The first-order chi connectivity index (χ1) is 10.7. The summed E-state index contributed by atoms with van der Waals surface area (Å²) in [7, 11) is 1.60. The van der Waals surface area contributed by atoms with E-state index in [2.05, 4.69) is 5.32 Å². The normalized spacial score (nSPS) is 14.8. The number of carbonyl (C=O) groups is 1. The molecule has 1 saturated carbocycles. The Bertz CT molecular complexity index is 485. The summed E-state index contributed by atoms with van der Waals surface area (Å²) in [4.78, 5) is 12.1. The number of hydrogen-bond acceptors (Lipinski definition) is 4. The van der Waals surface area contributed by atoms with Gasteiger partial charge in [-0.1, -0.05) is 0 Å². The van der Waals surface area contributed by atoms with Crippen LogP contribution in [0.5, 0.6) is 11.5 Å². The van der Waals surface area contributed by atoms with Crippen LogP contribution in [0, 0.1) is 0 Å². The van der Waals surface area contributed by atoms with E-state index in [-0.39, 0.29) is 12.0 Å².